The molecule has 0 aliphatic rings. The highest BCUT2D eigenvalue weighted by Crippen LogP contribution is 2.25. The molecule has 1 atom stereocenters. The quantitative estimate of drug-likeness (QED) is 0.876. The molecule has 0 aromatic heterocycles. The molecule has 0 spiro atoms. The highest BCUT2D eigenvalue weighted by Gasteiger charge is 2.05. The SMILES string of the molecule is CC(CCO)c1ccc(Oc2ccc(F)cc2)cc1. The maximum absolute atomic E-state index is 12.8. The minimum atomic E-state index is -0.277. The maximum Gasteiger partial charge on any atom is 0.127 e. The van der Waals surface area contributed by atoms with Crippen LogP contribution in [0.3, 0.4) is 0 Å². The fourth-order valence-corrected chi connectivity index (χ4v) is 1.86. The van der Waals surface area contributed by atoms with Crippen molar-refractivity contribution in [1.82, 2.24) is 0 Å². The average molecular weight is 260 g/mol. The molecule has 3 heteroatoms. The van der Waals surface area contributed by atoms with Gasteiger partial charge in [-0.2, -0.15) is 0 Å². The van der Waals surface area contributed by atoms with Crippen molar-refractivity contribution in [1.29, 1.82) is 0 Å². The molecule has 2 rings (SSSR count). The van der Waals surface area contributed by atoms with Gasteiger partial charge in [0.25, 0.3) is 0 Å². The first-order valence-electron chi connectivity index (χ1n) is 6.33. The van der Waals surface area contributed by atoms with Gasteiger partial charge in [0.1, 0.15) is 17.3 Å². The number of ether oxygens (including phenoxy) is 1. The lowest BCUT2D eigenvalue weighted by molar-refractivity contribution is 0.278. The highest BCUT2D eigenvalue weighted by molar-refractivity contribution is 5.34. The molecule has 0 fully saturated rings. The van der Waals surface area contributed by atoms with Crippen LogP contribution in [0.1, 0.15) is 24.8 Å². The second-order valence-corrected chi connectivity index (χ2v) is 4.54. The van der Waals surface area contributed by atoms with Crippen LogP contribution in [-0.4, -0.2) is 11.7 Å². The van der Waals surface area contributed by atoms with E-state index in [0.717, 1.165) is 6.42 Å². The summed E-state index contributed by atoms with van der Waals surface area (Å²) in [5.41, 5.74) is 1.17. The van der Waals surface area contributed by atoms with Crippen molar-refractivity contribution in [3.8, 4) is 11.5 Å². The number of hydrogen-bond donors (Lipinski definition) is 1. The van der Waals surface area contributed by atoms with Gasteiger partial charge in [-0.15, -0.1) is 0 Å². The second kappa shape index (κ2) is 6.34. The molecular formula is C16H17FO2. The molecule has 1 unspecified atom stereocenters. The van der Waals surface area contributed by atoms with Crippen LogP contribution in [0.5, 0.6) is 11.5 Å². The molecule has 0 aliphatic heterocycles. The summed E-state index contributed by atoms with van der Waals surface area (Å²) in [6.07, 6.45) is 0.748. The van der Waals surface area contributed by atoms with Gasteiger partial charge in [0.05, 0.1) is 0 Å². The molecule has 2 aromatic carbocycles. The zero-order chi connectivity index (χ0) is 13.7. The van der Waals surface area contributed by atoms with Crippen LogP contribution >= 0.6 is 0 Å². The zero-order valence-corrected chi connectivity index (χ0v) is 10.8. The van der Waals surface area contributed by atoms with E-state index in [1.54, 1.807) is 12.1 Å². The largest absolute Gasteiger partial charge is 0.457 e. The number of aliphatic hydroxyl groups excluding tert-OH is 1. The molecule has 0 saturated heterocycles. The van der Waals surface area contributed by atoms with E-state index in [-0.39, 0.29) is 12.4 Å². The fourth-order valence-electron chi connectivity index (χ4n) is 1.86. The normalized spacial score (nSPS) is 12.2. The Hall–Kier alpha value is -1.87. The number of aliphatic hydroxyl groups is 1. The Morgan fingerprint density at radius 3 is 2.05 bits per heavy atom. The summed E-state index contributed by atoms with van der Waals surface area (Å²) >= 11 is 0. The van der Waals surface area contributed by atoms with Crippen molar-refractivity contribution in [2.75, 3.05) is 6.61 Å². The average Bonchev–Trinajstić information content (AvgIpc) is 2.42. The molecule has 0 amide bonds. The van der Waals surface area contributed by atoms with E-state index >= 15 is 0 Å². The molecule has 100 valence electrons. The summed E-state index contributed by atoms with van der Waals surface area (Å²) < 4.78 is 18.4. The third-order valence-electron chi connectivity index (χ3n) is 3.06. The van der Waals surface area contributed by atoms with Gasteiger partial charge >= 0.3 is 0 Å². The van der Waals surface area contributed by atoms with Crippen LogP contribution in [-0.2, 0) is 0 Å². The summed E-state index contributed by atoms with van der Waals surface area (Å²) in [4.78, 5) is 0. The Bertz CT molecular complexity index is 505. The van der Waals surface area contributed by atoms with E-state index in [9.17, 15) is 4.39 Å². The van der Waals surface area contributed by atoms with Crippen LogP contribution in [0.2, 0.25) is 0 Å². The predicted molar refractivity (Wildman–Crippen MR) is 73.0 cm³/mol. The van der Waals surface area contributed by atoms with Crippen LogP contribution in [0.25, 0.3) is 0 Å². The molecule has 19 heavy (non-hydrogen) atoms. The first kappa shape index (κ1) is 13.6. The van der Waals surface area contributed by atoms with Crippen molar-refractivity contribution < 1.29 is 14.2 Å². The molecule has 2 aromatic rings. The van der Waals surface area contributed by atoms with Gasteiger partial charge in [-0.25, -0.2) is 4.39 Å². The monoisotopic (exact) mass is 260 g/mol. The van der Waals surface area contributed by atoms with Crippen molar-refractivity contribution in [2.24, 2.45) is 0 Å². The Morgan fingerprint density at radius 1 is 1.00 bits per heavy atom. The van der Waals surface area contributed by atoms with Crippen molar-refractivity contribution >= 4 is 0 Å². The summed E-state index contributed by atoms with van der Waals surface area (Å²) in [7, 11) is 0. The van der Waals surface area contributed by atoms with Crippen molar-refractivity contribution in [3.63, 3.8) is 0 Å². The van der Waals surface area contributed by atoms with E-state index in [1.807, 2.05) is 24.3 Å². The Morgan fingerprint density at radius 2 is 1.53 bits per heavy atom. The second-order valence-electron chi connectivity index (χ2n) is 4.54. The van der Waals surface area contributed by atoms with Gasteiger partial charge in [-0.3, -0.25) is 0 Å². The molecule has 0 aliphatic carbocycles. The first-order valence-corrected chi connectivity index (χ1v) is 6.33. The van der Waals surface area contributed by atoms with Gasteiger partial charge in [-0.1, -0.05) is 19.1 Å². The molecule has 0 radical (unpaired) electrons. The van der Waals surface area contributed by atoms with E-state index in [0.29, 0.717) is 17.4 Å². The van der Waals surface area contributed by atoms with Crippen LogP contribution in [0.15, 0.2) is 48.5 Å². The Kier molecular flexibility index (Phi) is 4.53. The highest BCUT2D eigenvalue weighted by atomic mass is 19.1. The fraction of sp³-hybridized carbons (Fsp3) is 0.250. The number of rotatable bonds is 5. The van der Waals surface area contributed by atoms with E-state index in [2.05, 4.69) is 6.92 Å². The van der Waals surface area contributed by atoms with E-state index in [1.165, 1.54) is 17.7 Å². The molecule has 1 N–H and O–H groups in total. The minimum absolute atomic E-state index is 0.189. The molecule has 2 nitrogen and oxygen atoms in total. The lowest BCUT2D eigenvalue weighted by atomic mass is 9.98. The van der Waals surface area contributed by atoms with Crippen LogP contribution in [0.4, 0.5) is 4.39 Å². The van der Waals surface area contributed by atoms with E-state index in [4.69, 9.17) is 9.84 Å². The first-order chi connectivity index (χ1) is 9.19. The number of halogens is 1. The molecule has 0 bridgehead atoms. The Balaban J connectivity index is 2.04. The van der Waals surface area contributed by atoms with Gasteiger partial charge in [0.15, 0.2) is 0 Å². The summed E-state index contributed by atoms with van der Waals surface area (Å²) in [5.74, 6) is 1.37. The van der Waals surface area contributed by atoms with Gasteiger partial charge in [0.2, 0.25) is 0 Å². The number of hydrogen-bond acceptors (Lipinski definition) is 2. The van der Waals surface area contributed by atoms with Gasteiger partial charge in [-0.05, 0) is 54.3 Å². The Labute approximate surface area is 112 Å². The lowest BCUT2D eigenvalue weighted by Gasteiger charge is -2.11. The molecule has 0 saturated carbocycles. The molecule has 0 heterocycles. The smallest absolute Gasteiger partial charge is 0.127 e. The topological polar surface area (TPSA) is 29.5 Å². The van der Waals surface area contributed by atoms with Gasteiger partial charge in [0, 0.05) is 6.61 Å². The minimum Gasteiger partial charge on any atom is -0.457 e. The summed E-state index contributed by atoms with van der Waals surface area (Å²) in [6, 6.07) is 13.7. The van der Waals surface area contributed by atoms with Crippen molar-refractivity contribution in [2.45, 2.75) is 19.3 Å². The zero-order valence-electron chi connectivity index (χ0n) is 10.8. The predicted octanol–water partition coefficient (Wildman–Crippen LogP) is 4.10. The summed E-state index contributed by atoms with van der Waals surface area (Å²) in [6.45, 7) is 2.26. The lowest BCUT2D eigenvalue weighted by Crippen LogP contribution is -1.96. The van der Waals surface area contributed by atoms with Crippen LogP contribution in [0, 0.1) is 5.82 Å². The van der Waals surface area contributed by atoms with Gasteiger partial charge < -0.3 is 9.84 Å². The maximum atomic E-state index is 12.8. The van der Waals surface area contributed by atoms with Crippen molar-refractivity contribution in [3.05, 3.63) is 59.9 Å². The standard InChI is InChI=1S/C16H17FO2/c1-12(10-11-18)13-2-6-15(7-3-13)19-16-8-4-14(17)5-9-16/h2-9,12,18H,10-11H2,1H3. The third-order valence-corrected chi connectivity index (χ3v) is 3.06. The summed E-state index contributed by atoms with van der Waals surface area (Å²) in [5, 5.41) is 8.91. The third kappa shape index (κ3) is 3.80. The van der Waals surface area contributed by atoms with E-state index < -0.39 is 0 Å². The molecular weight excluding hydrogens is 243 g/mol. The van der Waals surface area contributed by atoms with Crippen LogP contribution < -0.4 is 4.74 Å². The number of benzene rings is 2.